The molecule has 0 aromatic heterocycles. The van der Waals surface area contributed by atoms with Crippen LogP contribution in [0.5, 0.6) is 0 Å². The highest BCUT2D eigenvalue weighted by molar-refractivity contribution is 6.46. The minimum atomic E-state index is -0.200. The molecule has 3 rings (SSSR count). The Balaban J connectivity index is 1.65. The van der Waals surface area contributed by atoms with E-state index in [1.54, 1.807) is 0 Å². The molecule has 0 aromatic rings. The van der Waals surface area contributed by atoms with E-state index in [9.17, 15) is 0 Å². The Morgan fingerprint density at radius 3 is 1.43 bits per heavy atom. The van der Waals surface area contributed by atoms with Crippen LogP contribution < -0.4 is 0 Å². The molecule has 3 saturated heterocycles. The van der Waals surface area contributed by atoms with E-state index in [0.29, 0.717) is 13.2 Å². The van der Waals surface area contributed by atoms with Gasteiger partial charge in [0, 0.05) is 0 Å². The van der Waals surface area contributed by atoms with Crippen LogP contribution in [0.2, 0.25) is 19.0 Å². The number of hydrogen-bond donors (Lipinski definition) is 0. The van der Waals surface area contributed by atoms with Gasteiger partial charge in [0.2, 0.25) is 0 Å². The SMILES string of the molecule is CCB1OCC(C2OB(CC)OC2C2COB(CC)O2)O1. The van der Waals surface area contributed by atoms with Crippen molar-refractivity contribution in [2.24, 2.45) is 0 Å². The van der Waals surface area contributed by atoms with E-state index >= 15 is 0 Å². The standard InChI is InChI=1S/C12H23B3O6/c1-4-13-16-7-9(18-13)11-12(21-15(6-3)20-11)10-8-17-14(5-2)19-10/h9-12H,4-8H2,1-3H3. The van der Waals surface area contributed by atoms with Crippen molar-refractivity contribution in [2.75, 3.05) is 13.2 Å². The molecule has 0 aromatic carbocycles. The zero-order valence-corrected chi connectivity index (χ0v) is 13.0. The summed E-state index contributed by atoms with van der Waals surface area (Å²) in [6.07, 6.45) is 1.98. The van der Waals surface area contributed by atoms with Gasteiger partial charge < -0.3 is 27.9 Å². The zero-order chi connectivity index (χ0) is 14.8. The second-order valence-electron chi connectivity index (χ2n) is 5.73. The first-order valence-electron chi connectivity index (χ1n) is 8.10. The maximum Gasteiger partial charge on any atom is 0.457 e. The largest absolute Gasteiger partial charge is 0.457 e. The van der Waals surface area contributed by atoms with Gasteiger partial charge in [-0.2, -0.15) is 0 Å². The molecule has 6 nitrogen and oxygen atoms in total. The molecule has 3 heterocycles. The highest BCUT2D eigenvalue weighted by Crippen LogP contribution is 2.31. The normalized spacial score (nSPS) is 37.0. The van der Waals surface area contributed by atoms with E-state index in [1.165, 1.54) is 0 Å². The Bertz CT molecular complexity index is 319. The van der Waals surface area contributed by atoms with Crippen LogP contribution in [0.15, 0.2) is 0 Å². The second kappa shape index (κ2) is 7.02. The van der Waals surface area contributed by atoms with Gasteiger partial charge in [-0.25, -0.2) is 0 Å². The van der Waals surface area contributed by atoms with Gasteiger partial charge in [-0.05, 0) is 19.0 Å². The second-order valence-corrected chi connectivity index (χ2v) is 5.73. The Labute approximate surface area is 127 Å². The maximum absolute atomic E-state index is 6.02. The summed E-state index contributed by atoms with van der Waals surface area (Å²) in [5, 5.41) is 0. The first-order chi connectivity index (χ1) is 10.2. The fourth-order valence-electron chi connectivity index (χ4n) is 3.05. The third-order valence-corrected chi connectivity index (χ3v) is 4.22. The smallest absolute Gasteiger partial charge is 0.408 e. The van der Waals surface area contributed by atoms with Gasteiger partial charge in [-0.3, -0.25) is 0 Å². The van der Waals surface area contributed by atoms with Gasteiger partial charge in [-0.1, -0.05) is 20.8 Å². The van der Waals surface area contributed by atoms with Crippen molar-refractivity contribution >= 4 is 21.4 Å². The predicted octanol–water partition coefficient (Wildman–Crippen LogP) is 1.13. The van der Waals surface area contributed by atoms with Crippen LogP contribution in [0.4, 0.5) is 0 Å². The lowest BCUT2D eigenvalue weighted by Crippen LogP contribution is -2.44. The Kier molecular flexibility index (Phi) is 5.29. The molecule has 3 aliphatic rings. The van der Waals surface area contributed by atoms with Crippen LogP contribution in [0.3, 0.4) is 0 Å². The Hall–Kier alpha value is -0.0452. The van der Waals surface area contributed by atoms with Gasteiger partial charge in [0.25, 0.3) is 0 Å². The van der Waals surface area contributed by atoms with E-state index in [-0.39, 0.29) is 45.8 Å². The quantitative estimate of drug-likeness (QED) is 0.709. The minimum Gasteiger partial charge on any atom is -0.408 e. The van der Waals surface area contributed by atoms with Crippen molar-refractivity contribution in [2.45, 2.75) is 64.1 Å². The Morgan fingerprint density at radius 2 is 1.10 bits per heavy atom. The first kappa shape index (κ1) is 15.8. The third-order valence-electron chi connectivity index (χ3n) is 4.22. The molecule has 0 N–H and O–H groups in total. The third kappa shape index (κ3) is 3.33. The average Bonchev–Trinajstić information content (AvgIpc) is 3.23. The summed E-state index contributed by atoms with van der Waals surface area (Å²) < 4.78 is 35.1. The summed E-state index contributed by atoms with van der Waals surface area (Å²) in [4.78, 5) is 0. The van der Waals surface area contributed by atoms with Crippen LogP contribution in [0, 0.1) is 0 Å². The molecule has 116 valence electrons. The molecule has 0 bridgehead atoms. The van der Waals surface area contributed by atoms with Crippen molar-refractivity contribution in [3.63, 3.8) is 0 Å². The fraction of sp³-hybridized carbons (Fsp3) is 1.00. The van der Waals surface area contributed by atoms with Gasteiger partial charge in [0.05, 0.1) is 37.6 Å². The average molecular weight is 296 g/mol. The summed E-state index contributed by atoms with van der Waals surface area (Å²) in [7, 11) is -0.471. The number of rotatable bonds is 5. The van der Waals surface area contributed by atoms with Crippen LogP contribution in [-0.2, 0) is 27.9 Å². The van der Waals surface area contributed by atoms with Gasteiger partial charge >= 0.3 is 21.4 Å². The summed E-state index contributed by atoms with van der Waals surface area (Å²) in [6.45, 7) is 7.23. The molecule has 21 heavy (non-hydrogen) atoms. The lowest BCUT2D eigenvalue weighted by molar-refractivity contribution is -0.00485. The van der Waals surface area contributed by atoms with Crippen molar-refractivity contribution in [3.8, 4) is 0 Å². The van der Waals surface area contributed by atoms with Crippen molar-refractivity contribution in [1.29, 1.82) is 0 Å². The summed E-state index contributed by atoms with van der Waals surface area (Å²) in [6, 6.07) is 0. The van der Waals surface area contributed by atoms with Crippen LogP contribution in [0.1, 0.15) is 20.8 Å². The van der Waals surface area contributed by atoms with Gasteiger partial charge in [0.1, 0.15) is 0 Å². The highest BCUT2D eigenvalue weighted by atomic mass is 16.7. The summed E-state index contributed by atoms with van der Waals surface area (Å²) in [5.74, 6) is 0. The molecule has 4 atom stereocenters. The van der Waals surface area contributed by atoms with E-state index in [2.05, 4.69) is 0 Å². The van der Waals surface area contributed by atoms with Crippen LogP contribution in [-0.4, -0.2) is 59.0 Å². The van der Waals surface area contributed by atoms with Crippen molar-refractivity contribution in [1.82, 2.24) is 0 Å². The van der Waals surface area contributed by atoms with Crippen molar-refractivity contribution < 1.29 is 27.9 Å². The van der Waals surface area contributed by atoms with E-state index in [1.807, 2.05) is 20.8 Å². The molecule has 0 aliphatic carbocycles. The minimum absolute atomic E-state index is 0.0965. The van der Waals surface area contributed by atoms with Crippen LogP contribution >= 0.6 is 0 Å². The zero-order valence-electron chi connectivity index (χ0n) is 13.0. The van der Waals surface area contributed by atoms with Gasteiger partial charge in [0.15, 0.2) is 0 Å². The van der Waals surface area contributed by atoms with Crippen LogP contribution in [0.25, 0.3) is 0 Å². The molecule has 0 saturated carbocycles. The topological polar surface area (TPSA) is 55.4 Å². The van der Waals surface area contributed by atoms with Crippen molar-refractivity contribution in [3.05, 3.63) is 0 Å². The lowest BCUT2D eigenvalue weighted by atomic mass is 9.86. The predicted molar refractivity (Wildman–Crippen MR) is 80.1 cm³/mol. The molecule has 3 fully saturated rings. The summed E-state index contributed by atoms with van der Waals surface area (Å²) >= 11 is 0. The van der Waals surface area contributed by atoms with Gasteiger partial charge in [-0.15, -0.1) is 0 Å². The summed E-state index contributed by atoms with van der Waals surface area (Å²) in [5.41, 5.74) is 0. The molecule has 3 aliphatic heterocycles. The molecule has 9 heteroatoms. The fourth-order valence-corrected chi connectivity index (χ4v) is 3.05. The number of hydrogen-bond acceptors (Lipinski definition) is 6. The molecule has 4 unspecified atom stereocenters. The highest BCUT2D eigenvalue weighted by Gasteiger charge is 2.51. The molecule has 0 amide bonds. The van der Waals surface area contributed by atoms with E-state index in [4.69, 9.17) is 27.9 Å². The molecule has 0 spiro atoms. The first-order valence-corrected chi connectivity index (χ1v) is 8.10. The Morgan fingerprint density at radius 1 is 0.667 bits per heavy atom. The molecular weight excluding hydrogens is 273 g/mol. The maximum atomic E-state index is 6.02. The molecule has 0 radical (unpaired) electrons. The molecular formula is C12H23B3O6. The lowest BCUT2D eigenvalue weighted by Gasteiger charge is -2.27. The monoisotopic (exact) mass is 296 g/mol. The van der Waals surface area contributed by atoms with E-state index in [0.717, 1.165) is 19.0 Å². The van der Waals surface area contributed by atoms with E-state index < -0.39 is 0 Å².